The molecule has 1 aliphatic carbocycles. The molecule has 1 nitrogen and oxygen atoms in total. The van der Waals surface area contributed by atoms with Gasteiger partial charge in [0.2, 0.25) is 0 Å². The lowest BCUT2D eigenvalue weighted by molar-refractivity contribution is 0.660. The lowest BCUT2D eigenvalue weighted by Crippen LogP contribution is -2.16. The molecule has 0 heterocycles. The number of benzene rings is 8. The summed E-state index contributed by atoms with van der Waals surface area (Å²) in [5.41, 5.74) is 11.3. The Bertz CT molecular complexity index is 2430. The third kappa shape index (κ3) is 3.95. The van der Waals surface area contributed by atoms with Gasteiger partial charge in [-0.3, -0.25) is 0 Å². The molecule has 1 heteroatoms. The minimum absolute atomic E-state index is 0.0601. The molecule has 8 aromatic carbocycles. The van der Waals surface area contributed by atoms with E-state index < -0.39 is 0 Å². The maximum absolute atomic E-state index is 2.42. The van der Waals surface area contributed by atoms with Crippen molar-refractivity contribution in [2.45, 2.75) is 19.3 Å². The van der Waals surface area contributed by atoms with E-state index in [1.807, 2.05) is 0 Å². The van der Waals surface area contributed by atoms with Crippen LogP contribution in [0.2, 0.25) is 0 Å². The molecule has 0 aliphatic heterocycles. The van der Waals surface area contributed by atoms with Gasteiger partial charge in [0.15, 0.2) is 0 Å². The summed E-state index contributed by atoms with van der Waals surface area (Å²) in [5.74, 6) is 0. The largest absolute Gasteiger partial charge is 0.310 e. The third-order valence-electron chi connectivity index (χ3n) is 10.0. The summed E-state index contributed by atoms with van der Waals surface area (Å²) in [6.45, 7) is 4.69. The molecule has 8 aromatic rings. The van der Waals surface area contributed by atoms with Gasteiger partial charge in [-0.15, -0.1) is 0 Å². The molecule has 46 heavy (non-hydrogen) atoms. The lowest BCUT2D eigenvalue weighted by Gasteiger charge is -2.29. The van der Waals surface area contributed by atoms with Crippen molar-refractivity contribution in [3.8, 4) is 22.3 Å². The van der Waals surface area contributed by atoms with Crippen LogP contribution in [0.5, 0.6) is 0 Å². The quantitative estimate of drug-likeness (QED) is 0.185. The second-order valence-corrected chi connectivity index (χ2v) is 12.9. The van der Waals surface area contributed by atoms with Crippen LogP contribution in [0.25, 0.3) is 54.6 Å². The summed E-state index contributed by atoms with van der Waals surface area (Å²) in [5, 5.41) is 7.72. The third-order valence-corrected chi connectivity index (χ3v) is 10.0. The van der Waals surface area contributed by atoms with Crippen LogP contribution in [-0.2, 0) is 5.41 Å². The highest BCUT2D eigenvalue weighted by Crippen LogP contribution is 2.54. The molecule has 0 bridgehead atoms. The first-order chi connectivity index (χ1) is 22.6. The van der Waals surface area contributed by atoms with Crippen LogP contribution in [0, 0.1) is 0 Å². The Balaban J connectivity index is 1.24. The fourth-order valence-corrected chi connectivity index (χ4v) is 7.82. The Kier molecular flexibility index (Phi) is 5.92. The molecule has 0 aromatic heterocycles. The smallest absolute Gasteiger partial charge is 0.0543 e. The van der Waals surface area contributed by atoms with Crippen LogP contribution < -0.4 is 4.90 Å². The van der Waals surface area contributed by atoms with Crippen molar-refractivity contribution in [2.75, 3.05) is 4.90 Å². The van der Waals surface area contributed by atoms with Crippen LogP contribution in [0.15, 0.2) is 164 Å². The van der Waals surface area contributed by atoms with Crippen molar-refractivity contribution in [3.63, 3.8) is 0 Å². The van der Waals surface area contributed by atoms with Crippen LogP contribution in [0.1, 0.15) is 25.0 Å². The van der Waals surface area contributed by atoms with Gasteiger partial charge < -0.3 is 4.90 Å². The molecule has 0 unspecified atom stereocenters. The Morgan fingerprint density at radius 3 is 1.87 bits per heavy atom. The summed E-state index contributed by atoms with van der Waals surface area (Å²) in [6, 6.07) is 60.1. The van der Waals surface area contributed by atoms with Crippen molar-refractivity contribution in [1.29, 1.82) is 0 Å². The molecule has 0 atom stereocenters. The summed E-state index contributed by atoms with van der Waals surface area (Å²) < 4.78 is 0. The molecule has 0 spiro atoms. The van der Waals surface area contributed by atoms with Crippen molar-refractivity contribution in [3.05, 3.63) is 175 Å². The van der Waals surface area contributed by atoms with E-state index in [9.17, 15) is 0 Å². The maximum Gasteiger partial charge on any atom is 0.0543 e. The van der Waals surface area contributed by atoms with Gasteiger partial charge in [0.25, 0.3) is 0 Å². The average molecular weight is 588 g/mol. The normalized spacial score (nSPS) is 13.2. The highest BCUT2D eigenvalue weighted by atomic mass is 15.1. The lowest BCUT2D eigenvalue weighted by atomic mass is 9.82. The average Bonchev–Trinajstić information content (AvgIpc) is 3.35. The first kappa shape index (κ1) is 26.7. The van der Waals surface area contributed by atoms with Gasteiger partial charge in [-0.2, -0.15) is 0 Å². The highest BCUT2D eigenvalue weighted by Gasteiger charge is 2.37. The molecule has 0 radical (unpaired) electrons. The monoisotopic (exact) mass is 587 g/mol. The zero-order chi connectivity index (χ0) is 30.8. The van der Waals surface area contributed by atoms with E-state index in [2.05, 4.69) is 183 Å². The summed E-state index contributed by atoms with van der Waals surface area (Å²) in [6.07, 6.45) is 0. The maximum atomic E-state index is 2.42. The molecule has 0 saturated heterocycles. The summed E-state index contributed by atoms with van der Waals surface area (Å²) in [4.78, 5) is 2.42. The Labute approximate surface area is 270 Å². The first-order valence-electron chi connectivity index (χ1n) is 16.1. The van der Waals surface area contributed by atoms with Gasteiger partial charge in [-0.05, 0) is 96.5 Å². The van der Waals surface area contributed by atoms with E-state index in [-0.39, 0.29) is 5.41 Å². The predicted molar refractivity (Wildman–Crippen MR) is 197 cm³/mol. The second-order valence-electron chi connectivity index (χ2n) is 12.9. The fraction of sp³-hybridized carbons (Fsp3) is 0.0667. The minimum atomic E-state index is -0.0601. The van der Waals surface area contributed by atoms with Gasteiger partial charge in [-0.1, -0.05) is 141 Å². The van der Waals surface area contributed by atoms with Crippen molar-refractivity contribution in [2.24, 2.45) is 0 Å². The number of rotatable bonds is 4. The number of hydrogen-bond acceptors (Lipinski definition) is 1. The van der Waals surface area contributed by atoms with Crippen LogP contribution in [0.4, 0.5) is 17.1 Å². The molecular weight excluding hydrogens is 555 g/mol. The molecule has 218 valence electrons. The van der Waals surface area contributed by atoms with Crippen LogP contribution >= 0.6 is 0 Å². The SMILES string of the molecule is CC1(C)c2ccccc2-c2c(N(c3ccccc3)c3ccc(-c4cc5c6ccccc6ccc5c5ccccc45)cc3)cccc21. The molecule has 1 aliphatic rings. The number of nitrogens with zero attached hydrogens (tertiary/aromatic N) is 1. The fourth-order valence-electron chi connectivity index (χ4n) is 7.82. The van der Waals surface area contributed by atoms with Crippen molar-refractivity contribution < 1.29 is 0 Å². The Morgan fingerprint density at radius 2 is 1.04 bits per heavy atom. The standard InChI is InChI=1S/C45H33N/c1-45(2)41-20-11-10-19-38(41)44-42(45)21-12-22-43(44)46(32-14-4-3-5-15-32)33-26-23-31(24-27-33)39-29-40-34-16-7-6-13-30(34)25-28-37(40)35-17-8-9-18-36(35)39/h3-29H,1-2H3. The highest BCUT2D eigenvalue weighted by molar-refractivity contribution is 6.21. The zero-order valence-corrected chi connectivity index (χ0v) is 26.0. The topological polar surface area (TPSA) is 3.24 Å². The number of fused-ring (bicyclic) bond motifs is 8. The Hall–Kier alpha value is -5.66. The van der Waals surface area contributed by atoms with Gasteiger partial charge in [0.05, 0.1) is 5.69 Å². The van der Waals surface area contributed by atoms with Gasteiger partial charge in [0, 0.05) is 22.4 Å². The molecule has 0 amide bonds. The van der Waals surface area contributed by atoms with E-state index in [1.54, 1.807) is 0 Å². The Morgan fingerprint density at radius 1 is 0.413 bits per heavy atom. The van der Waals surface area contributed by atoms with Gasteiger partial charge in [0.1, 0.15) is 0 Å². The van der Waals surface area contributed by atoms with E-state index >= 15 is 0 Å². The van der Waals surface area contributed by atoms with E-state index in [0.717, 1.165) is 11.4 Å². The number of hydrogen-bond donors (Lipinski definition) is 0. The number of anilines is 3. The summed E-state index contributed by atoms with van der Waals surface area (Å²) >= 11 is 0. The molecule has 0 fully saturated rings. The van der Waals surface area contributed by atoms with Crippen LogP contribution in [0.3, 0.4) is 0 Å². The molecule has 0 N–H and O–H groups in total. The van der Waals surface area contributed by atoms with Crippen molar-refractivity contribution >= 4 is 49.4 Å². The summed E-state index contributed by atoms with van der Waals surface area (Å²) in [7, 11) is 0. The van der Waals surface area contributed by atoms with E-state index in [4.69, 9.17) is 0 Å². The van der Waals surface area contributed by atoms with E-state index in [0.29, 0.717) is 0 Å². The first-order valence-corrected chi connectivity index (χ1v) is 16.1. The minimum Gasteiger partial charge on any atom is -0.310 e. The predicted octanol–water partition coefficient (Wildman–Crippen LogP) is 12.6. The van der Waals surface area contributed by atoms with Crippen LogP contribution in [-0.4, -0.2) is 0 Å². The van der Waals surface area contributed by atoms with E-state index in [1.165, 1.54) is 71.4 Å². The van der Waals surface area contributed by atoms with Crippen molar-refractivity contribution in [1.82, 2.24) is 0 Å². The zero-order valence-electron chi connectivity index (χ0n) is 26.0. The van der Waals surface area contributed by atoms with Gasteiger partial charge >= 0.3 is 0 Å². The number of para-hydroxylation sites is 1. The molecule has 0 saturated carbocycles. The second kappa shape index (κ2) is 10.2. The molecular formula is C45H33N. The molecule has 9 rings (SSSR count). The van der Waals surface area contributed by atoms with Gasteiger partial charge in [-0.25, -0.2) is 0 Å².